The first-order valence-corrected chi connectivity index (χ1v) is 9.21. The van der Waals surface area contributed by atoms with Gasteiger partial charge in [-0.1, -0.05) is 29.8 Å². The van der Waals surface area contributed by atoms with Crippen LogP contribution in [0.15, 0.2) is 47.7 Å². The van der Waals surface area contributed by atoms with Crippen molar-refractivity contribution in [3.8, 4) is 0 Å². The second-order valence-corrected chi connectivity index (χ2v) is 7.10. The lowest BCUT2D eigenvalue weighted by molar-refractivity contribution is -0.142. The summed E-state index contributed by atoms with van der Waals surface area (Å²) in [5.41, 5.74) is 4.03. The molecule has 0 bridgehead atoms. The molecule has 7 nitrogen and oxygen atoms in total. The van der Waals surface area contributed by atoms with Crippen molar-refractivity contribution in [3.63, 3.8) is 0 Å². The highest BCUT2D eigenvalue weighted by atomic mass is 16.5. The van der Waals surface area contributed by atoms with E-state index in [2.05, 4.69) is 5.10 Å². The first kappa shape index (κ1) is 19.8. The van der Waals surface area contributed by atoms with Crippen LogP contribution in [0.3, 0.4) is 0 Å². The van der Waals surface area contributed by atoms with Gasteiger partial charge in [0.15, 0.2) is 0 Å². The maximum Gasteiger partial charge on any atom is 0.262 e. The first-order valence-electron chi connectivity index (χ1n) is 9.21. The molecule has 1 aliphatic rings. The molecule has 0 fully saturated rings. The first-order chi connectivity index (χ1) is 13.4. The number of likely N-dealkylation sites (N-methyl/N-ethyl adjacent to an activating group) is 1. The molecule has 0 saturated carbocycles. The van der Waals surface area contributed by atoms with Crippen molar-refractivity contribution >= 4 is 17.5 Å². The predicted octanol–water partition coefficient (Wildman–Crippen LogP) is 2.12. The number of hydrazone groups is 1. The SMILES string of the molecule is COCC(=O)N(C)CC(=O)N1N=C(c2cccn2C)C[C@@H]1c1ccc(C)cc1. The highest BCUT2D eigenvalue weighted by Gasteiger charge is 2.34. The molecule has 0 unspecified atom stereocenters. The summed E-state index contributed by atoms with van der Waals surface area (Å²) in [4.78, 5) is 26.3. The molecule has 0 radical (unpaired) electrons. The largest absolute Gasteiger partial charge is 0.375 e. The molecule has 3 rings (SSSR count). The molecule has 7 heteroatoms. The van der Waals surface area contributed by atoms with Crippen molar-refractivity contribution in [1.29, 1.82) is 0 Å². The van der Waals surface area contributed by atoms with Crippen LogP contribution in [-0.4, -0.2) is 59.3 Å². The maximum atomic E-state index is 13.0. The lowest BCUT2D eigenvalue weighted by atomic mass is 9.99. The quantitative estimate of drug-likeness (QED) is 0.769. The van der Waals surface area contributed by atoms with Gasteiger partial charge in [-0.25, -0.2) is 5.01 Å². The Morgan fingerprint density at radius 2 is 1.96 bits per heavy atom. The van der Waals surface area contributed by atoms with Gasteiger partial charge in [0.2, 0.25) is 5.91 Å². The summed E-state index contributed by atoms with van der Waals surface area (Å²) >= 11 is 0. The number of aromatic nitrogens is 1. The summed E-state index contributed by atoms with van der Waals surface area (Å²) < 4.78 is 6.86. The number of ether oxygens (including phenoxy) is 1. The van der Waals surface area contributed by atoms with Gasteiger partial charge in [-0.3, -0.25) is 9.59 Å². The summed E-state index contributed by atoms with van der Waals surface area (Å²) in [5.74, 6) is -0.463. The predicted molar refractivity (Wildman–Crippen MR) is 107 cm³/mol. The molecule has 1 aromatic carbocycles. The molecule has 2 heterocycles. The minimum absolute atomic E-state index is 0.0472. The molecular weight excluding hydrogens is 356 g/mol. The average molecular weight is 382 g/mol. The van der Waals surface area contributed by atoms with Crippen molar-refractivity contribution in [1.82, 2.24) is 14.5 Å². The molecule has 0 saturated heterocycles. The van der Waals surface area contributed by atoms with Crippen molar-refractivity contribution in [2.75, 3.05) is 27.3 Å². The van der Waals surface area contributed by atoms with Crippen LogP contribution in [0.5, 0.6) is 0 Å². The summed E-state index contributed by atoms with van der Waals surface area (Å²) in [5, 5.41) is 6.16. The summed E-state index contributed by atoms with van der Waals surface area (Å²) in [6.07, 6.45) is 2.59. The van der Waals surface area contributed by atoms with Crippen LogP contribution < -0.4 is 0 Å². The van der Waals surface area contributed by atoms with Crippen molar-refractivity contribution in [3.05, 3.63) is 59.4 Å². The average Bonchev–Trinajstić information content (AvgIpc) is 3.28. The molecule has 2 amide bonds. The van der Waals surface area contributed by atoms with Gasteiger partial charge in [-0.05, 0) is 24.6 Å². The maximum absolute atomic E-state index is 13.0. The zero-order chi connectivity index (χ0) is 20.3. The van der Waals surface area contributed by atoms with Crippen LogP contribution >= 0.6 is 0 Å². The Bertz CT molecular complexity index is 885. The second kappa shape index (κ2) is 8.39. The van der Waals surface area contributed by atoms with Crippen LogP contribution in [-0.2, 0) is 21.4 Å². The van der Waals surface area contributed by atoms with Gasteiger partial charge in [-0.2, -0.15) is 5.10 Å². The van der Waals surface area contributed by atoms with E-state index in [4.69, 9.17) is 4.74 Å². The zero-order valence-corrected chi connectivity index (χ0v) is 16.8. The third-order valence-corrected chi connectivity index (χ3v) is 4.93. The molecule has 1 atom stereocenters. The third-order valence-electron chi connectivity index (χ3n) is 4.93. The zero-order valence-electron chi connectivity index (χ0n) is 16.8. The number of carbonyl (C=O) groups is 2. The molecule has 0 spiro atoms. The van der Waals surface area contributed by atoms with Crippen molar-refractivity contribution in [2.24, 2.45) is 12.1 Å². The Hall–Kier alpha value is -2.93. The van der Waals surface area contributed by atoms with E-state index in [1.807, 2.05) is 61.1 Å². The van der Waals surface area contributed by atoms with Gasteiger partial charge in [-0.15, -0.1) is 0 Å². The Kier molecular flexibility index (Phi) is 5.94. The van der Waals surface area contributed by atoms with Gasteiger partial charge in [0.25, 0.3) is 5.91 Å². The van der Waals surface area contributed by atoms with Crippen LogP contribution in [0, 0.1) is 6.92 Å². The smallest absolute Gasteiger partial charge is 0.262 e. The minimum atomic E-state index is -0.242. The number of nitrogens with zero attached hydrogens (tertiary/aromatic N) is 4. The Morgan fingerprint density at radius 1 is 1.25 bits per heavy atom. The highest BCUT2D eigenvalue weighted by Crippen LogP contribution is 2.33. The molecule has 0 N–H and O–H groups in total. The normalized spacial score (nSPS) is 16.2. The molecule has 0 aliphatic carbocycles. The summed E-state index contributed by atoms with van der Waals surface area (Å²) in [6, 6.07) is 11.9. The summed E-state index contributed by atoms with van der Waals surface area (Å²) in [6.45, 7) is 1.93. The lowest BCUT2D eigenvalue weighted by Crippen LogP contribution is -2.40. The monoisotopic (exact) mass is 382 g/mol. The van der Waals surface area contributed by atoms with E-state index in [9.17, 15) is 9.59 Å². The fraction of sp³-hybridized carbons (Fsp3) is 0.381. The van der Waals surface area contributed by atoms with Crippen LogP contribution in [0.25, 0.3) is 0 Å². The number of aryl methyl sites for hydroxylation is 2. The number of carbonyl (C=O) groups excluding carboxylic acids is 2. The van der Waals surface area contributed by atoms with Crippen molar-refractivity contribution < 1.29 is 14.3 Å². The van der Waals surface area contributed by atoms with E-state index in [0.29, 0.717) is 6.42 Å². The van der Waals surface area contributed by atoms with Gasteiger partial charge in [0, 0.05) is 33.8 Å². The van der Waals surface area contributed by atoms with Gasteiger partial charge in [0.05, 0.1) is 17.4 Å². The molecule has 148 valence electrons. The fourth-order valence-corrected chi connectivity index (χ4v) is 3.30. The number of methoxy groups -OCH3 is 1. The molecular formula is C21H26N4O3. The Balaban J connectivity index is 1.87. The van der Waals surface area contributed by atoms with E-state index in [0.717, 1.165) is 22.5 Å². The van der Waals surface area contributed by atoms with Crippen molar-refractivity contribution in [2.45, 2.75) is 19.4 Å². The highest BCUT2D eigenvalue weighted by molar-refractivity contribution is 6.02. The Morgan fingerprint density at radius 3 is 2.57 bits per heavy atom. The van der Waals surface area contributed by atoms with Crippen LogP contribution in [0.1, 0.15) is 29.3 Å². The second-order valence-electron chi connectivity index (χ2n) is 7.10. The topological polar surface area (TPSA) is 67.1 Å². The number of amides is 2. The number of hydrogen-bond donors (Lipinski definition) is 0. The number of hydrogen-bond acceptors (Lipinski definition) is 4. The van der Waals surface area contributed by atoms with Gasteiger partial charge in [0.1, 0.15) is 13.2 Å². The molecule has 1 aliphatic heterocycles. The molecule has 28 heavy (non-hydrogen) atoms. The van der Waals surface area contributed by atoms with E-state index >= 15 is 0 Å². The van der Waals surface area contributed by atoms with Crippen LogP contribution in [0.2, 0.25) is 0 Å². The van der Waals surface area contributed by atoms with E-state index in [1.165, 1.54) is 17.0 Å². The number of benzene rings is 1. The van der Waals surface area contributed by atoms with Gasteiger partial charge >= 0.3 is 0 Å². The van der Waals surface area contributed by atoms with E-state index < -0.39 is 0 Å². The van der Waals surface area contributed by atoms with E-state index in [-0.39, 0.29) is 31.0 Å². The molecule has 2 aromatic rings. The number of rotatable bonds is 6. The van der Waals surface area contributed by atoms with E-state index in [1.54, 1.807) is 7.05 Å². The minimum Gasteiger partial charge on any atom is -0.375 e. The summed E-state index contributed by atoms with van der Waals surface area (Å²) in [7, 11) is 5.01. The Labute approximate surface area is 165 Å². The lowest BCUT2D eigenvalue weighted by Gasteiger charge is -2.25. The fourth-order valence-electron chi connectivity index (χ4n) is 3.30. The van der Waals surface area contributed by atoms with Gasteiger partial charge < -0.3 is 14.2 Å². The molecule has 1 aromatic heterocycles. The van der Waals surface area contributed by atoms with Crippen LogP contribution in [0.4, 0.5) is 0 Å². The standard InChI is InChI=1S/C21H26N4O3/c1-15-7-9-16(10-8-15)19-12-17(18-6-5-11-23(18)2)22-25(19)20(26)13-24(3)21(27)14-28-4/h5-11,19H,12-14H2,1-4H3/t19-/m1/s1. The third kappa shape index (κ3) is 4.14.